The topological polar surface area (TPSA) is 106 Å². The van der Waals surface area contributed by atoms with Crippen molar-refractivity contribution in [2.45, 2.75) is 13.0 Å². The SMILES string of the molecule is C[C@@H]1CN(c2cnc(C#N)cn2)CCN1c1cnc(C#N)cn1. The molecule has 1 fully saturated rings. The fourth-order valence-corrected chi connectivity index (χ4v) is 2.58. The van der Waals surface area contributed by atoms with E-state index in [-0.39, 0.29) is 6.04 Å². The lowest BCUT2D eigenvalue weighted by atomic mass is 10.2. The van der Waals surface area contributed by atoms with Gasteiger partial charge in [0.1, 0.15) is 23.8 Å². The monoisotopic (exact) mass is 306 g/mol. The summed E-state index contributed by atoms with van der Waals surface area (Å²) in [5.74, 6) is 1.53. The Balaban J connectivity index is 1.71. The maximum absolute atomic E-state index is 8.78. The first-order chi connectivity index (χ1) is 11.2. The molecule has 1 aliphatic rings. The lowest BCUT2D eigenvalue weighted by molar-refractivity contribution is 0.541. The molecule has 0 aliphatic carbocycles. The number of hydrogen-bond acceptors (Lipinski definition) is 8. The third-order valence-corrected chi connectivity index (χ3v) is 3.75. The smallest absolute Gasteiger partial charge is 0.158 e. The number of anilines is 2. The van der Waals surface area contributed by atoms with E-state index in [1.807, 2.05) is 12.1 Å². The zero-order chi connectivity index (χ0) is 16.2. The molecule has 3 heterocycles. The van der Waals surface area contributed by atoms with E-state index in [0.717, 1.165) is 31.3 Å². The average molecular weight is 306 g/mol. The Morgan fingerprint density at radius 2 is 1.52 bits per heavy atom. The molecule has 0 spiro atoms. The van der Waals surface area contributed by atoms with Crippen molar-refractivity contribution in [3.63, 3.8) is 0 Å². The Hall–Kier alpha value is -3.26. The Bertz CT molecular complexity index is 756. The number of nitriles is 2. The van der Waals surface area contributed by atoms with Crippen LogP contribution in [0, 0.1) is 22.7 Å². The Kier molecular flexibility index (Phi) is 3.98. The molecule has 0 unspecified atom stereocenters. The number of rotatable bonds is 2. The Morgan fingerprint density at radius 3 is 2.00 bits per heavy atom. The molecule has 0 N–H and O–H groups in total. The van der Waals surface area contributed by atoms with Gasteiger partial charge in [-0.05, 0) is 6.92 Å². The van der Waals surface area contributed by atoms with E-state index in [9.17, 15) is 0 Å². The van der Waals surface area contributed by atoms with Crippen molar-refractivity contribution < 1.29 is 0 Å². The number of hydrogen-bond donors (Lipinski definition) is 0. The first-order valence-corrected chi connectivity index (χ1v) is 7.17. The molecule has 8 heteroatoms. The van der Waals surface area contributed by atoms with Crippen LogP contribution in [0.4, 0.5) is 11.6 Å². The van der Waals surface area contributed by atoms with Gasteiger partial charge in [0.15, 0.2) is 11.4 Å². The summed E-state index contributed by atoms with van der Waals surface area (Å²) < 4.78 is 0. The number of aromatic nitrogens is 4. The highest BCUT2D eigenvalue weighted by atomic mass is 15.3. The molecule has 0 bridgehead atoms. The molecule has 2 aromatic rings. The summed E-state index contributed by atoms with van der Waals surface area (Å²) >= 11 is 0. The molecule has 0 amide bonds. The summed E-state index contributed by atoms with van der Waals surface area (Å²) in [6.45, 7) is 4.40. The minimum Gasteiger partial charge on any atom is -0.352 e. The summed E-state index contributed by atoms with van der Waals surface area (Å²) in [7, 11) is 0. The van der Waals surface area contributed by atoms with Gasteiger partial charge in [-0.1, -0.05) is 0 Å². The van der Waals surface area contributed by atoms with Gasteiger partial charge in [-0.25, -0.2) is 19.9 Å². The van der Waals surface area contributed by atoms with Gasteiger partial charge in [0.05, 0.1) is 24.8 Å². The maximum atomic E-state index is 8.78. The quantitative estimate of drug-likeness (QED) is 0.799. The van der Waals surface area contributed by atoms with Crippen molar-refractivity contribution >= 4 is 11.6 Å². The van der Waals surface area contributed by atoms with Crippen molar-refractivity contribution in [2.24, 2.45) is 0 Å². The third-order valence-electron chi connectivity index (χ3n) is 3.75. The van der Waals surface area contributed by atoms with E-state index in [0.29, 0.717) is 11.4 Å². The molecule has 23 heavy (non-hydrogen) atoms. The van der Waals surface area contributed by atoms with Crippen molar-refractivity contribution in [3.05, 3.63) is 36.2 Å². The van der Waals surface area contributed by atoms with Crippen LogP contribution >= 0.6 is 0 Å². The Morgan fingerprint density at radius 1 is 0.913 bits per heavy atom. The zero-order valence-electron chi connectivity index (χ0n) is 12.6. The van der Waals surface area contributed by atoms with E-state index in [1.165, 1.54) is 12.4 Å². The molecule has 1 saturated heterocycles. The minimum atomic E-state index is 0.212. The zero-order valence-corrected chi connectivity index (χ0v) is 12.6. The molecule has 1 aliphatic heterocycles. The first-order valence-electron chi connectivity index (χ1n) is 7.17. The van der Waals surface area contributed by atoms with Gasteiger partial charge < -0.3 is 9.80 Å². The number of nitrogens with zero attached hydrogens (tertiary/aromatic N) is 8. The van der Waals surface area contributed by atoms with Gasteiger partial charge in [-0.2, -0.15) is 10.5 Å². The molecule has 114 valence electrons. The minimum absolute atomic E-state index is 0.212. The highest BCUT2D eigenvalue weighted by Crippen LogP contribution is 2.20. The van der Waals surface area contributed by atoms with Crippen molar-refractivity contribution in [2.75, 3.05) is 29.4 Å². The second-order valence-corrected chi connectivity index (χ2v) is 5.23. The molecular formula is C15H14N8. The molecule has 8 nitrogen and oxygen atoms in total. The summed E-state index contributed by atoms with van der Waals surface area (Å²) in [5.41, 5.74) is 0.626. The van der Waals surface area contributed by atoms with Crippen LogP contribution in [-0.4, -0.2) is 45.6 Å². The van der Waals surface area contributed by atoms with E-state index >= 15 is 0 Å². The summed E-state index contributed by atoms with van der Waals surface area (Å²) in [4.78, 5) is 21.0. The van der Waals surface area contributed by atoms with Gasteiger partial charge in [-0.15, -0.1) is 0 Å². The van der Waals surface area contributed by atoms with Gasteiger partial charge >= 0.3 is 0 Å². The normalized spacial score (nSPS) is 17.4. The fraction of sp³-hybridized carbons (Fsp3) is 0.333. The van der Waals surface area contributed by atoms with Gasteiger partial charge in [-0.3, -0.25) is 0 Å². The van der Waals surface area contributed by atoms with Crippen LogP contribution in [0.5, 0.6) is 0 Å². The summed E-state index contributed by atoms with van der Waals surface area (Å²) in [5, 5.41) is 17.6. The third kappa shape index (κ3) is 3.01. The first kappa shape index (κ1) is 14.7. The van der Waals surface area contributed by atoms with Crippen molar-refractivity contribution in [3.8, 4) is 12.1 Å². The standard InChI is InChI=1S/C15H14N8/c1-11-10-22(14-8-18-12(4-16)6-20-14)2-3-23(11)15-9-19-13(5-17)7-21-15/h6-9,11H,2-3,10H2,1H3/t11-/m1/s1. The lowest BCUT2D eigenvalue weighted by Crippen LogP contribution is -2.52. The van der Waals surface area contributed by atoms with Crippen LogP contribution in [0.1, 0.15) is 18.3 Å². The predicted molar refractivity (Wildman–Crippen MR) is 82.5 cm³/mol. The van der Waals surface area contributed by atoms with Crippen LogP contribution in [0.15, 0.2) is 24.8 Å². The van der Waals surface area contributed by atoms with E-state index in [2.05, 4.69) is 36.7 Å². The molecular weight excluding hydrogens is 292 g/mol. The number of piperazine rings is 1. The second-order valence-electron chi connectivity index (χ2n) is 5.23. The van der Waals surface area contributed by atoms with Crippen LogP contribution < -0.4 is 9.80 Å². The summed E-state index contributed by atoms with van der Waals surface area (Å²) in [6.07, 6.45) is 6.23. The lowest BCUT2D eigenvalue weighted by Gasteiger charge is -2.40. The second kappa shape index (κ2) is 6.24. The molecule has 0 radical (unpaired) electrons. The average Bonchev–Trinajstić information content (AvgIpc) is 2.62. The van der Waals surface area contributed by atoms with Gasteiger partial charge in [0.2, 0.25) is 0 Å². The molecule has 3 rings (SSSR count). The van der Waals surface area contributed by atoms with E-state index < -0.39 is 0 Å². The Labute approximate surface area is 133 Å². The van der Waals surface area contributed by atoms with Crippen LogP contribution in [0.3, 0.4) is 0 Å². The van der Waals surface area contributed by atoms with Crippen molar-refractivity contribution in [1.29, 1.82) is 10.5 Å². The van der Waals surface area contributed by atoms with Crippen LogP contribution in [0.2, 0.25) is 0 Å². The van der Waals surface area contributed by atoms with Gasteiger partial charge in [0.25, 0.3) is 0 Å². The fourth-order valence-electron chi connectivity index (χ4n) is 2.58. The highest BCUT2D eigenvalue weighted by molar-refractivity contribution is 5.45. The largest absolute Gasteiger partial charge is 0.352 e. The molecule has 0 aromatic carbocycles. The van der Waals surface area contributed by atoms with E-state index in [4.69, 9.17) is 10.5 Å². The predicted octanol–water partition coefficient (Wildman–Crippen LogP) is 0.725. The van der Waals surface area contributed by atoms with E-state index in [1.54, 1.807) is 12.4 Å². The maximum Gasteiger partial charge on any atom is 0.158 e. The van der Waals surface area contributed by atoms with Crippen molar-refractivity contribution in [1.82, 2.24) is 19.9 Å². The highest BCUT2D eigenvalue weighted by Gasteiger charge is 2.25. The van der Waals surface area contributed by atoms with Crippen LogP contribution in [-0.2, 0) is 0 Å². The molecule has 1 atom stereocenters. The molecule has 0 saturated carbocycles. The van der Waals surface area contributed by atoms with Gasteiger partial charge in [0, 0.05) is 25.7 Å². The van der Waals surface area contributed by atoms with Crippen LogP contribution in [0.25, 0.3) is 0 Å². The summed E-state index contributed by atoms with van der Waals surface area (Å²) in [6, 6.07) is 4.14. The molecule has 2 aromatic heterocycles.